The molecule has 3 aromatic carbocycles. The maximum Gasteiger partial charge on any atom is 0.297 e. The zero-order valence-corrected chi connectivity index (χ0v) is 31.7. The Morgan fingerprint density at radius 3 is 2.53 bits per heavy atom. The summed E-state index contributed by atoms with van der Waals surface area (Å²) in [5.74, 6) is -0.667. The van der Waals surface area contributed by atoms with E-state index >= 15 is 0 Å². The molecular formula is C39H42BrN3O7Si. The number of nitrogens with zero attached hydrogens (tertiary/aromatic N) is 3. The number of hydrogen-bond donors (Lipinski definition) is 2. The van der Waals surface area contributed by atoms with Crippen LogP contribution in [0.2, 0.25) is 18.6 Å². The summed E-state index contributed by atoms with van der Waals surface area (Å²) in [5, 5.41) is 10.3. The van der Waals surface area contributed by atoms with Crippen LogP contribution in [0.15, 0.2) is 94.3 Å². The molecule has 51 heavy (non-hydrogen) atoms. The van der Waals surface area contributed by atoms with Gasteiger partial charge in [-0.25, -0.2) is 0 Å². The van der Waals surface area contributed by atoms with Gasteiger partial charge in [-0.1, -0.05) is 59.3 Å². The number of anilines is 1. The molecule has 0 bridgehead atoms. The summed E-state index contributed by atoms with van der Waals surface area (Å²) in [4.78, 5) is 57.3. The summed E-state index contributed by atoms with van der Waals surface area (Å²) in [6, 6.07) is 24.1. The quantitative estimate of drug-likeness (QED) is 0.234. The van der Waals surface area contributed by atoms with E-state index in [1.807, 2.05) is 86.7 Å². The molecule has 0 unspecified atom stereocenters. The maximum absolute atomic E-state index is 15.0. The number of carbonyl (C=O) groups is 2. The van der Waals surface area contributed by atoms with Crippen molar-refractivity contribution < 1.29 is 29.0 Å². The van der Waals surface area contributed by atoms with Gasteiger partial charge in [0.2, 0.25) is 5.91 Å². The zero-order valence-electron chi connectivity index (χ0n) is 29.1. The number of carbonyl (C=O) groups excluding carboxylic acids is 2. The van der Waals surface area contributed by atoms with Crippen LogP contribution in [0.3, 0.4) is 0 Å². The van der Waals surface area contributed by atoms with Crippen LogP contribution in [-0.4, -0.2) is 65.4 Å². The molecule has 266 valence electrons. The van der Waals surface area contributed by atoms with Crippen molar-refractivity contribution in [2.24, 2.45) is 5.92 Å². The van der Waals surface area contributed by atoms with Gasteiger partial charge in [-0.05, 0) is 78.7 Å². The highest BCUT2D eigenvalue weighted by molar-refractivity contribution is 9.10. The van der Waals surface area contributed by atoms with Gasteiger partial charge in [0.05, 0.1) is 44.5 Å². The van der Waals surface area contributed by atoms with Crippen molar-refractivity contribution in [3.63, 3.8) is 0 Å². The number of aromatic nitrogens is 1. The summed E-state index contributed by atoms with van der Waals surface area (Å²) < 4.78 is 14.5. The maximum atomic E-state index is 15.0. The Balaban J connectivity index is 1.23. The Morgan fingerprint density at radius 2 is 1.80 bits per heavy atom. The molecule has 3 aliphatic heterocycles. The third kappa shape index (κ3) is 6.06. The number of halogens is 1. The number of benzene rings is 3. The van der Waals surface area contributed by atoms with E-state index in [0.717, 1.165) is 21.2 Å². The standard InChI is InChI=1S/C39H42BrN3O7Si/c1-24-36(51(3,4)48)34(20-35(45)42-22-27-11-6-5-10-26(27)18-30(42)23-44)50-39(24)31-19-28(40)14-15-32(31)43(38(39)47)21-25-9-7-12-29(17-25)41-16-8-13-33(49-2)37(41)46/h5-17,19,24,30,34,36,44,48H,18,20-23H2,1-4H3/t24-,30-,34+,36-,39+/m0/s1. The molecule has 1 spiro atoms. The van der Waals surface area contributed by atoms with Crippen LogP contribution in [0, 0.1) is 5.92 Å². The summed E-state index contributed by atoms with van der Waals surface area (Å²) in [6.07, 6.45) is 1.47. The van der Waals surface area contributed by atoms with Crippen LogP contribution >= 0.6 is 15.9 Å². The third-order valence-electron chi connectivity index (χ3n) is 10.9. The van der Waals surface area contributed by atoms with Crippen LogP contribution < -0.4 is 15.2 Å². The monoisotopic (exact) mass is 771 g/mol. The predicted molar refractivity (Wildman–Crippen MR) is 199 cm³/mol. The minimum absolute atomic E-state index is 0.0274. The second-order valence-electron chi connectivity index (χ2n) is 14.4. The van der Waals surface area contributed by atoms with Crippen molar-refractivity contribution in [3.05, 3.63) is 122 Å². The second-order valence-corrected chi connectivity index (χ2v) is 19.3. The number of hydrogen-bond acceptors (Lipinski definition) is 7. The fourth-order valence-corrected chi connectivity index (χ4v) is 11.5. The second kappa shape index (κ2) is 13.5. The van der Waals surface area contributed by atoms with Crippen molar-refractivity contribution in [3.8, 4) is 11.4 Å². The van der Waals surface area contributed by atoms with Crippen molar-refractivity contribution in [1.29, 1.82) is 0 Å². The molecule has 10 nitrogen and oxygen atoms in total. The van der Waals surface area contributed by atoms with Gasteiger partial charge >= 0.3 is 0 Å². The molecule has 1 fully saturated rings. The van der Waals surface area contributed by atoms with Gasteiger partial charge in [-0.3, -0.25) is 19.0 Å². The Bertz CT molecular complexity index is 2060. The topological polar surface area (TPSA) is 122 Å². The molecular weight excluding hydrogens is 730 g/mol. The van der Waals surface area contributed by atoms with Gasteiger partial charge in [-0.15, -0.1) is 0 Å². The van der Waals surface area contributed by atoms with Gasteiger partial charge in [0.1, 0.15) is 0 Å². The summed E-state index contributed by atoms with van der Waals surface area (Å²) in [6.45, 7) is 6.05. The number of rotatable bonds is 8. The Labute approximate surface area is 306 Å². The SMILES string of the molecule is COc1cccn(-c2cccc(CN3C(=O)[C@]4(O[C@H](CC(=O)N5Cc6ccccc6C[C@H]5CO)[C@@H]([Si](C)(C)O)[C@@H]4C)c4cc(Br)ccc43)c2)c1=O. The number of ether oxygens (including phenoxy) is 2. The lowest BCUT2D eigenvalue weighted by atomic mass is 9.82. The van der Waals surface area contributed by atoms with Gasteiger partial charge in [-0.2, -0.15) is 0 Å². The van der Waals surface area contributed by atoms with E-state index in [9.17, 15) is 24.3 Å². The first-order valence-corrected chi connectivity index (χ1v) is 21.0. The first kappa shape index (κ1) is 35.3. The smallest absolute Gasteiger partial charge is 0.297 e. The molecule has 3 aliphatic rings. The number of aliphatic hydroxyl groups excluding tert-OH is 1. The van der Waals surface area contributed by atoms with Crippen molar-refractivity contribution in [2.75, 3.05) is 18.6 Å². The van der Waals surface area contributed by atoms with Crippen LogP contribution in [0.5, 0.6) is 5.75 Å². The number of pyridine rings is 1. The highest BCUT2D eigenvalue weighted by Crippen LogP contribution is 2.60. The minimum Gasteiger partial charge on any atom is -0.491 e. The molecule has 0 radical (unpaired) electrons. The molecule has 0 aliphatic carbocycles. The Hall–Kier alpha value is -4.07. The number of fused-ring (bicyclic) bond motifs is 3. The third-order valence-corrected chi connectivity index (χ3v) is 13.9. The lowest BCUT2D eigenvalue weighted by molar-refractivity contribution is -0.151. The van der Waals surface area contributed by atoms with Crippen LogP contribution in [0.4, 0.5) is 5.69 Å². The highest BCUT2D eigenvalue weighted by atomic mass is 79.9. The van der Waals surface area contributed by atoms with E-state index in [-0.39, 0.29) is 48.7 Å². The first-order chi connectivity index (χ1) is 24.4. The summed E-state index contributed by atoms with van der Waals surface area (Å²) >= 11 is 3.61. The summed E-state index contributed by atoms with van der Waals surface area (Å²) in [7, 11) is -1.58. The molecule has 12 heteroatoms. The average Bonchev–Trinajstić information content (AvgIpc) is 3.53. The Morgan fingerprint density at radius 1 is 1.04 bits per heavy atom. The van der Waals surface area contributed by atoms with Gasteiger partial charge < -0.3 is 29.2 Å². The van der Waals surface area contributed by atoms with Crippen molar-refractivity contribution in [2.45, 2.75) is 69.2 Å². The molecule has 2 amide bonds. The van der Waals surface area contributed by atoms with E-state index in [2.05, 4.69) is 15.9 Å². The molecule has 4 heterocycles. The van der Waals surface area contributed by atoms with E-state index in [0.29, 0.717) is 29.9 Å². The van der Waals surface area contributed by atoms with Crippen LogP contribution in [-0.2, 0) is 39.4 Å². The number of aliphatic hydroxyl groups is 1. The van der Waals surface area contributed by atoms with Crippen molar-refractivity contribution in [1.82, 2.24) is 9.47 Å². The minimum atomic E-state index is -3.03. The van der Waals surface area contributed by atoms with E-state index in [1.54, 1.807) is 28.1 Å². The highest BCUT2D eigenvalue weighted by Gasteiger charge is 2.66. The molecule has 1 aromatic heterocycles. The molecule has 2 N–H and O–H groups in total. The molecule has 1 saturated heterocycles. The van der Waals surface area contributed by atoms with Gasteiger partial charge in [0.15, 0.2) is 19.7 Å². The molecule has 0 saturated carbocycles. The number of amides is 2. The first-order valence-electron chi connectivity index (χ1n) is 17.2. The van der Waals surface area contributed by atoms with Crippen molar-refractivity contribution >= 4 is 41.7 Å². The molecule has 7 rings (SSSR count). The normalized spacial score (nSPS) is 24.2. The largest absolute Gasteiger partial charge is 0.491 e. The lowest BCUT2D eigenvalue weighted by Gasteiger charge is -2.37. The summed E-state index contributed by atoms with van der Waals surface area (Å²) in [5.41, 5.74) is 2.80. The molecule has 4 aromatic rings. The van der Waals surface area contributed by atoms with E-state index < -0.39 is 31.5 Å². The van der Waals surface area contributed by atoms with Crippen LogP contribution in [0.1, 0.15) is 35.6 Å². The predicted octanol–water partition coefficient (Wildman–Crippen LogP) is 5.29. The average molecular weight is 773 g/mol. The Kier molecular flexibility index (Phi) is 9.34. The fourth-order valence-electron chi connectivity index (χ4n) is 8.56. The van der Waals surface area contributed by atoms with Gasteiger partial charge in [0.25, 0.3) is 11.5 Å². The lowest BCUT2D eigenvalue weighted by Crippen LogP contribution is -2.48. The van der Waals surface area contributed by atoms with E-state index in [1.165, 1.54) is 11.7 Å². The number of methoxy groups -OCH3 is 1. The zero-order chi connectivity index (χ0) is 36.2. The van der Waals surface area contributed by atoms with E-state index in [4.69, 9.17) is 9.47 Å². The molecule has 5 atom stereocenters. The van der Waals surface area contributed by atoms with Gasteiger partial charge in [0, 0.05) is 39.9 Å². The van der Waals surface area contributed by atoms with Crippen LogP contribution in [0.25, 0.3) is 5.69 Å². The fraction of sp³-hybridized carbons (Fsp3) is 0.359.